The lowest BCUT2D eigenvalue weighted by atomic mass is 10.1. The first-order valence-electron chi connectivity index (χ1n) is 4.91. The summed E-state index contributed by atoms with van der Waals surface area (Å²) in [6.45, 7) is 0. The summed E-state index contributed by atoms with van der Waals surface area (Å²) in [6.07, 6.45) is 2.44. The van der Waals surface area contributed by atoms with E-state index in [1.807, 2.05) is 0 Å². The molecule has 0 aliphatic heterocycles. The van der Waals surface area contributed by atoms with Gasteiger partial charge in [-0.1, -0.05) is 0 Å². The van der Waals surface area contributed by atoms with Crippen LogP contribution in [0.4, 0.5) is 10.1 Å². The molecule has 0 atom stereocenters. The van der Waals surface area contributed by atoms with E-state index in [1.165, 1.54) is 20.4 Å². The number of aliphatic imine (C=N–C) groups is 1. The van der Waals surface area contributed by atoms with Gasteiger partial charge < -0.3 is 10.5 Å². The normalized spacial score (nSPS) is 11.8. The summed E-state index contributed by atoms with van der Waals surface area (Å²) in [7, 11) is 2.72. The van der Waals surface area contributed by atoms with Crippen molar-refractivity contribution in [3.8, 4) is 5.75 Å². The zero-order valence-corrected chi connectivity index (χ0v) is 9.88. The molecule has 0 saturated carbocycles. The summed E-state index contributed by atoms with van der Waals surface area (Å²) in [5, 5.41) is 10.8. The summed E-state index contributed by atoms with van der Waals surface area (Å²) in [4.78, 5) is 13.9. The van der Waals surface area contributed by atoms with Crippen LogP contribution in [0.3, 0.4) is 0 Å². The van der Waals surface area contributed by atoms with Crippen molar-refractivity contribution in [2.45, 2.75) is 0 Å². The molecular weight excluding hydrogens is 241 g/mol. The van der Waals surface area contributed by atoms with Crippen LogP contribution in [-0.2, 0) is 0 Å². The van der Waals surface area contributed by atoms with Crippen molar-refractivity contribution in [2.75, 3.05) is 14.2 Å². The van der Waals surface area contributed by atoms with E-state index in [0.717, 1.165) is 18.3 Å². The number of methoxy groups -OCH3 is 1. The molecule has 96 valence electrons. The van der Waals surface area contributed by atoms with E-state index in [-0.39, 0.29) is 22.6 Å². The van der Waals surface area contributed by atoms with E-state index in [2.05, 4.69) is 4.99 Å². The largest absolute Gasteiger partial charge is 0.490 e. The molecule has 0 aliphatic carbocycles. The number of nitrogens with two attached hydrogens (primary N) is 1. The van der Waals surface area contributed by atoms with E-state index >= 15 is 0 Å². The molecule has 0 radical (unpaired) electrons. The van der Waals surface area contributed by atoms with Crippen LogP contribution in [0, 0.1) is 15.9 Å². The molecular formula is C11H12FN3O3. The first-order chi connectivity index (χ1) is 8.54. The molecule has 1 aromatic carbocycles. The fourth-order valence-corrected chi connectivity index (χ4v) is 1.41. The predicted molar refractivity (Wildman–Crippen MR) is 66.2 cm³/mol. The Labute approximate surface area is 103 Å². The van der Waals surface area contributed by atoms with Gasteiger partial charge in [0.15, 0.2) is 5.75 Å². The van der Waals surface area contributed by atoms with Crippen LogP contribution in [0.1, 0.15) is 5.56 Å². The molecule has 0 bridgehead atoms. The molecule has 0 amide bonds. The minimum absolute atomic E-state index is 0.00407. The van der Waals surface area contributed by atoms with Crippen LogP contribution in [0.15, 0.2) is 23.3 Å². The van der Waals surface area contributed by atoms with Crippen LogP contribution >= 0.6 is 0 Å². The Morgan fingerprint density at radius 3 is 2.72 bits per heavy atom. The van der Waals surface area contributed by atoms with Crippen molar-refractivity contribution in [1.29, 1.82) is 0 Å². The molecule has 0 unspecified atom stereocenters. The fraction of sp³-hybridized carbons (Fsp3) is 0.182. The maximum absolute atomic E-state index is 13.8. The Bertz CT molecular complexity index is 527. The van der Waals surface area contributed by atoms with Crippen molar-refractivity contribution >= 4 is 17.5 Å². The smallest absolute Gasteiger partial charge is 0.311 e. The molecule has 0 heterocycles. The number of hydrogen-bond acceptors (Lipinski definition) is 5. The Morgan fingerprint density at radius 2 is 2.28 bits per heavy atom. The van der Waals surface area contributed by atoms with Crippen molar-refractivity contribution in [1.82, 2.24) is 0 Å². The van der Waals surface area contributed by atoms with Gasteiger partial charge >= 0.3 is 5.69 Å². The second-order valence-corrected chi connectivity index (χ2v) is 3.27. The second-order valence-electron chi connectivity index (χ2n) is 3.27. The van der Waals surface area contributed by atoms with Gasteiger partial charge in [-0.15, -0.1) is 0 Å². The Morgan fingerprint density at radius 1 is 1.61 bits per heavy atom. The first kappa shape index (κ1) is 13.6. The Hall–Kier alpha value is -2.44. The SMILES string of the molecule is CN=CC(=CN)c1cc([N+](=O)[O-])c(OC)cc1F. The van der Waals surface area contributed by atoms with E-state index in [1.54, 1.807) is 0 Å². The molecule has 1 rings (SSSR count). The van der Waals surface area contributed by atoms with E-state index < -0.39 is 10.7 Å². The number of rotatable bonds is 4. The highest BCUT2D eigenvalue weighted by Gasteiger charge is 2.20. The zero-order chi connectivity index (χ0) is 13.7. The van der Waals surface area contributed by atoms with Gasteiger partial charge in [-0.25, -0.2) is 4.39 Å². The molecule has 6 nitrogen and oxygen atoms in total. The number of nitro benzene ring substituents is 1. The summed E-state index contributed by atoms with van der Waals surface area (Å²) >= 11 is 0. The maximum Gasteiger partial charge on any atom is 0.311 e. The number of nitrogens with zero attached hydrogens (tertiary/aromatic N) is 2. The van der Waals surface area contributed by atoms with Crippen LogP contribution in [-0.4, -0.2) is 25.3 Å². The molecule has 7 heteroatoms. The van der Waals surface area contributed by atoms with Gasteiger partial charge in [-0.05, 0) is 0 Å². The van der Waals surface area contributed by atoms with Crippen LogP contribution in [0.2, 0.25) is 0 Å². The zero-order valence-electron chi connectivity index (χ0n) is 9.88. The number of halogens is 1. The third-order valence-corrected chi connectivity index (χ3v) is 2.22. The lowest BCUT2D eigenvalue weighted by Gasteiger charge is -2.07. The molecule has 0 aromatic heterocycles. The predicted octanol–water partition coefficient (Wildman–Crippen LogP) is 1.74. The highest BCUT2D eigenvalue weighted by Crippen LogP contribution is 2.32. The topological polar surface area (TPSA) is 90.8 Å². The number of allylic oxidation sites excluding steroid dienone is 1. The number of benzene rings is 1. The molecule has 2 N–H and O–H groups in total. The van der Waals surface area contributed by atoms with E-state index in [0.29, 0.717) is 0 Å². The fourth-order valence-electron chi connectivity index (χ4n) is 1.41. The van der Waals surface area contributed by atoms with E-state index in [9.17, 15) is 14.5 Å². The monoisotopic (exact) mass is 253 g/mol. The third kappa shape index (κ3) is 2.62. The van der Waals surface area contributed by atoms with Gasteiger partial charge in [-0.3, -0.25) is 15.1 Å². The summed E-state index contributed by atoms with van der Waals surface area (Å²) in [5.41, 5.74) is 5.25. The average molecular weight is 253 g/mol. The average Bonchev–Trinajstić information content (AvgIpc) is 2.35. The van der Waals surface area contributed by atoms with E-state index in [4.69, 9.17) is 10.5 Å². The van der Waals surface area contributed by atoms with Gasteiger partial charge in [0.1, 0.15) is 5.82 Å². The minimum Gasteiger partial charge on any atom is -0.490 e. The molecule has 1 aromatic rings. The van der Waals surface area contributed by atoms with Gasteiger partial charge in [0.2, 0.25) is 0 Å². The van der Waals surface area contributed by atoms with Gasteiger partial charge in [-0.2, -0.15) is 0 Å². The molecule has 0 aliphatic rings. The van der Waals surface area contributed by atoms with Crippen molar-refractivity contribution in [3.63, 3.8) is 0 Å². The van der Waals surface area contributed by atoms with Crippen molar-refractivity contribution < 1.29 is 14.1 Å². The first-order valence-corrected chi connectivity index (χ1v) is 4.91. The van der Waals surface area contributed by atoms with Crippen LogP contribution < -0.4 is 10.5 Å². The van der Waals surface area contributed by atoms with Gasteiger partial charge in [0, 0.05) is 42.7 Å². The molecule has 0 saturated heterocycles. The number of ether oxygens (including phenoxy) is 1. The number of nitro groups is 1. The van der Waals surface area contributed by atoms with Gasteiger partial charge in [0.25, 0.3) is 0 Å². The highest BCUT2D eigenvalue weighted by atomic mass is 19.1. The van der Waals surface area contributed by atoms with Crippen LogP contribution in [0.5, 0.6) is 5.75 Å². The standard InChI is InChI=1S/C11H12FN3O3/c1-14-6-7(5-13)8-3-10(15(16)17)11(18-2)4-9(8)12/h3-6H,13H2,1-2H3. The maximum atomic E-state index is 13.8. The lowest BCUT2D eigenvalue weighted by molar-refractivity contribution is -0.385. The molecule has 0 spiro atoms. The second kappa shape index (κ2) is 5.76. The quantitative estimate of drug-likeness (QED) is 0.502. The third-order valence-electron chi connectivity index (χ3n) is 2.22. The minimum atomic E-state index is -0.672. The highest BCUT2D eigenvalue weighted by molar-refractivity contribution is 6.09. The molecule has 18 heavy (non-hydrogen) atoms. The van der Waals surface area contributed by atoms with Crippen molar-refractivity contribution in [3.05, 3.63) is 39.8 Å². The Balaban J connectivity index is 3.47. The van der Waals surface area contributed by atoms with Crippen molar-refractivity contribution in [2.24, 2.45) is 10.7 Å². The Kier molecular flexibility index (Phi) is 4.36. The summed E-state index contributed by atoms with van der Waals surface area (Å²) in [5.74, 6) is -0.819. The number of hydrogen-bond donors (Lipinski definition) is 1. The molecule has 0 fully saturated rings. The lowest BCUT2D eigenvalue weighted by Crippen LogP contribution is -2.00. The van der Waals surface area contributed by atoms with Gasteiger partial charge in [0.05, 0.1) is 12.0 Å². The van der Waals surface area contributed by atoms with Crippen LogP contribution in [0.25, 0.3) is 5.57 Å². The summed E-state index contributed by atoms with van der Waals surface area (Å²) in [6, 6.07) is 2.01. The summed E-state index contributed by atoms with van der Waals surface area (Å²) < 4.78 is 18.5.